The predicted molar refractivity (Wildman–Crippen MR) is 225 cm³/mol. The minimum absolute atomic E-state index is 0.0130. The summed E-state index contributed by atoms with van der Waals surface area (Å²) in [6.07, 6.45) is 0. The van der Waals surface area contributed by atoms with Crippen LogP contribution >= 0.6 is 0 Å². The monoisotopic (exact) mass is 678 g/mol. The highest BCUT2D eigenvalue weighted by Crippen LogP contribution is 2.44. The molecule has 0 N–H and O–H groups in total. The van der Waals surface area contributed by atoms with Crippen molar-refractivity contribution >= 4 is 65.0 Å². The largest absolute Gasteiger partial charge is 0.456 e. The van der Waals surface area contributed by atoms with Gasteiger partial charge in [0.05, 0.1) is 8.22 Å². The Morgan fingerprint density at radius 3 is 1.58 bits per heavy atom. The van der Waals surface area contributed by atoms with E-state index < -0.39 is 0 Å². The second-order valence-corrected chi connectivity index (χ2v) is 13.5. The zero-order valence-corrected chi connectivity index (χ0v) is 28.4. The molecule has 0 unspecified atom stereocenters. The van der Waals surface area contributed by atoms with Gasteiger partial charge >= 0.3 is 0 Å². The summed E-state index contributed by atoms with van der Waals surface area (Å²) in [4.78, 5) is 0. The lowest BCUT2D eigenvalue weighted by molar-refractivity contribution is 0.669. The minimum Gasteiger partial charge on any atom is -0.456 e. The maximum absolute atomic E-state index is 9.68. The van der Waals surface area contributed by atoms with Crippen LogP contribution in [0.3, 0.4) is 0 Å². The second kappa shape index (κ2) is 11.8. The van der Waals surface area contributed by atoms with Crippen LogP contribution in [0.15, 0.2) is 198 Å². The summed E-state index contributed by atoms with van der Waals surface area (Å²) in [5.74, 6) is 0. The lowest BCUT2D eigenvalue weighted by atomic mass is 9.85. The van der Waals surface area contributed by atoms with Gasteiger partial charge in [0.25, 0.3) is 0 Å². The van der Waals surface area contributed by atoms with Crippen LogP contribution in [0, 0.1) is 0 Å². The van der Waals surface area contributed by atoms with Crippen LogP contribution < -0.4 is 0 Å². The summed E-state index contributed by atoms with van der Waals surface area (Å²) in [7, 11) is 0. The molecule has 11 rings (SSSR count). The predicted octanol–water partition coefficient (Wildman–Crippen LogP) is 14.9. The smallest absolute Gasteiger partial charge is 0.136 e. The van der Waals surface area contributed by atoms with E-state index in [-0.39, 0.29) is 58.2 Å². The normalized spacial score (nSPS) is 13.4. The van der Waals surface area contributed by atoms with E-state index in [1.165, 1.54) is 5.39 Å². The molecule has 0 bridgehead atoms. The Bertz CT molecular complexity index is 3510. The number of hydrogen-bond acceptors (Lipinski definition) is 1. The first-order valence-electron chi connectivity index (χ1n) is 20.8. The van der Waals surface area contributed by atoms with Gasteiger partial charge in [-0.15, -0.1) is 0 Å². The third-order valence-electron chi connectivity index (χ3n) is 10.5. The summed E-state index contributed by atoms with van der Waals surface area (Å²) in [6.45, 7) is 0. The van der Waals surface area contributed by atoms with E-state index in [4.69, 9.17) is 4.42 Å². The molecule has 0 saturated carbocycles. The number of furan rings is 1. The second-order valence-electron chi connectivity index (χ2n) is 13.5. The van der Waals surface area contributed by atoms with Gasteiger partial charge in [0.1, 0.15) is 11.2 Å². The Balaban J connectivity index is 1.10. The van der Waals surface area contributed by atoms with Crippen molar-refractivity contribution in [1.29, 1.82) is 0 Å². The maximum atomic E-state index is 9.68. The topological polar surface area (TPSA) is 13.1 Å². The molecule has 246 valence electrons. The van der Waals surface area contributed by atoms with Gasteiger partial charge in [0, 0.05) is 10.8 Å². The van der Waals surface area contributed by atoms with Crippen LogP contribution in [0.1, 0.15) is 8.22 Å². The van der Waals surface area contributed by atoms with E-state index >= 15 is 0 Å². The summed E-state index contributed by atoms with van der Waals surface area (Å²) in [6, 6.07) is 51.1. The van der Waals surface area contributed by atoms with Crippen molar-refractivity contribution in [2.75, 3.05) is 0 Å². The highest BCUT2D eigenvalue weighted by molar-refractivity contribution is 6.21. The van der Waals surface area contributed by atoms with Crippen LogP contribution in [0.25, 0.3) is 110 Å². The maximum Gasteiger partial charge on any atom is 0.136 e. The van der Waals surface area contributed by atoms with Crippen LogP contribution in [0.5, 0.6) is 0 Å². The lowest BCUT2D eigenvalue weighted by Crippen LogP contribution is -1.90. The molecule has 0 aliphatic heterocycles. The Kier molecular flexibility index (Phi) is 5.40. The molecule has 0 aliphatic carbocycles. The van der Waals surface area contributed by atoms with Gasteiger partial charge in [-0.1, -0.05) is 152 Å². The summed E-state index contributed by atoms with van der Waals surface area (Å²) < 4.78 is 63.1. The Labute approximate surface area is 315 Å². The molecule has 1 nitrogen and oxygen atoms in total. The summed E-state index contributed by atoms with van der Waals surface area (Å²) in [5, 5.41) is 7.69. The molecule has 1 heterocycles. The van der Waals surface area contributed by atoms with E-state index in [1.54, 1.807) is 6.07 Å². The van der Waals surface area contributed by atoms with Gasteiger partial charge in [-0.25, -0.2) is 0 Å². The third kappa shape index (κ3) is 4.86. The van der Waals surface area contributed by atoms with Crippen molar-refractivity contribution in [3.63, 3.8) is 0 Å². The number of fused-ring (bicyclic) bond motifs is 7. The van der Waals surface area contributed by atoms with E-state index in [9.17, 15) is 8.22 Å². The average Bonchev–Trinajstić information content (AvgIpc) is 3.64. The van der Waals surface area contributed by atoms with Crippen molar-refractivity contribution < 1.29 is 12.6 Å². The molecular weight excluding hydrogens is 641 g/mol. The minimum atomic E-state index is -0.259. The molecular formula is C52H32O. The number of hydrogen-bond donors (Lipinski definition) is 0. The van der Waals surface area contributed by atoms with Crippen molar-refractivity contribution in [2.45, 2.75) is 0 Å². The van der Waals surface area contributed by atoms with Gasteiger partial charge < -0.3 is 4.42 Å². The first-order valence-corrected chi connectivity index (χ1v) is 17.8. The van der Waals surface area contributed by atoms with Gasteiger partial charge in [0.2, 0.25) is 0 Å². The molecule has 0 spiro atoms. The van der Waals surface area contributed by atoms with Gasteiger partial charge in [-0.2, -0.15) is 0 Å². The first-order chi connectivity index (χ1) is 28.8. The molecule has 0 saturated heterocycles. The molecule has 53 heavy (non-hydrogen) atoms. The van der Waals surface area contributed by atoms with Gasteiger partial charge in [-0.3, -0.25) is 0 Å². The zero-order valence-electron chi connectivity index (χ0n) is 34.4. The fourth-order valence-electron chi connectivity index (χ4n) is 7.94. The van der Waals surface area contributed by atoms with Crippen molar-refractivity contribution in [3.8, 4) is 44.5 Å². The average molecular weight is 679 g/mol. The van der Waals surface area contributed by atoms with Crippen LogP contribution in [0.2, 0.25) is 0 Å². The van der Waals surface area contributed by atoms with Crippen LogP contribution in [-0.4, -0.2) is 0 Å². The van der Waals surface area contributed by atoms with Crippen LogP contribution in [0.4, 0.5) is 0 Å². The molecule has 0 atom stereocenters. The fourth-order valence-corrected chi connectivity index (χ4v) is 7.94. The van der Waals surface area contributed by atoms with E-state index in [1.807, 2.05) is 103 Å². The SMILES string of the molecule is [2H]c1c(-c2c3ccccc3c(-c3ccccc3)c3ccccc23)c([2H])c2c([2H])c([2H])c(-c3ccc4c(c3)oc3ccc(-c5ccc6ccccc6c5)cc34)c([2H])c2c1[2H]. The third-order valence-corrected chi connectivity index (χ3v) is 10.5. The molecule has 10 aromatic carbocycles. The highest BCUT2D eigenvalue weighted by Gasteiger charge is 2.17. The molecule has 0 aliphatic rings. The van der Waals surface area contributed by atoms with E-state index in [2.05, 4.69) is 48.5 Å². The first kappa shape index (κ1) is 24.3. The molecule has 0 radical (unpaired) electrons. The lowest BCUT2D eigenvalue weighted by Gasteiger charge is -2.18. The molecule has 0 fully saturated rings. The molecule has 1 aromatic heterocycles. The Hall–Kier alpha value is -6.96. The summed E-state index contributed by atoms with van der Waals surface area (Å²) >= 11 is 0. The van der Waals surface area contributed by atoms with E-state index in [0.717, 1.165) is 60.0 Å². The van der Waals surface area contributed by atoms with Gasteiger partial charge in [-0.05, 0) is 130 Å². The number of rotatable bonds is 4. The standard InChI is InChI=1S/C52H32O/c1-2-11-34(12-3-1)51-44-14-6-8-16-46(44)52(47-17-9-7-15-45(47)51)42-23-22-36-29-38(20-21-39(36)30-42)41-24-26-43-48-31-40(25-27-49(48)53-50(43)32-41)37-19-18-33-10-4-5-13-35(33)28-37/h1-32H/i20D,21D,22D,23D,29D,30D. The van der Waals surface area contributed by atoms with Gasteiger partial charge in [0.15, 0.2) is 0 Å². The fraction of sp³-hybridized carbons (Fsp3) is 0. The summed E-state index contributed by atoms with van der Waals surface area (Å²) in [5.41, 5.74) is 6.97. The quantitative estimate of drug-likeness (QED) is 0.169. The van der Waals surface area contributed by atoms with Crippen molar-refractivity contribution in [2.24, 2.45) is 0 Å². The molecule has 0 amide bonds. The Morgan fingerprint density at radius 2 is 0.849 bits per heavy atom. The zero-order chi connectivity index (χ0) is 40.1. The molecule has 1 heteroatoms. The van der Waals surface area contributed by atoms with Crippen LogP contribution in [-0.2, 0) is 0 Å². The van der Waals surface area contributed by atoms with Crippen molar-refractivity contribution in [3.05, 3.63) is 194 Å². The van der Waals surface area contributed by atoms with Crippen molar-refractivity contribution in [1.82, 2.24) is 0 Å². The number of benzene rings is 10. The highest BCUT2D eigenvalue weighted by atomic mass is 16.3. The molecule has 11 aromatic rings. The van der Waals surface area contributed by atoms with E-state index in [0.29, 0.717) is 22.3 Å². The Morgan fingerprint density at radius 1 is 0.302 bits per heavy atom.